The van der Waals surface area contributed by atoms with E-state index in [0.29, 0.717) is 23.0 Å². The molecular weight excluding hydrogens is 298 g/mol. The quantitative estimate of drug-likeness (QED) is 0.875. The van der Waals surface area contributed by atoms with Gasteiger partial charge in [-0.3, -0.25) is 0 Å². The molecule has 1 aliphatic rings. The highest BCUT2D eigenvalue weighted by Crippen LogP contribution is 2.29. The maximum Gasteiger partial charge on any atom is 0.213 e. The van der Waals surface area contributed by atoms with Crippen LogP contribution < -0.4 is 10.1 Å². The van der Waals surface area contributed by atoms with Crippen molar-refractivity contribution < 1.29 is 4.74 Å². The van der Waals surface area contributed by atoms with Crippen molar-refractivity contribution >= 4 is 17.3 Å². The Balaban J connectivity index is 1.54. The zero-order valence-corrected chi connectivity index (χ0v) is 12.8. The van der Waals surface area contributed by atoms with E-state index in [9.17, 15) is 0 Å². The second-order valence-electron chi connectivity index (χ2n) is 5.42. The summed E-state index contributed by atoms with van der Waals surface area (Å²) < 4.78 is 5.61. The van der Waals surface area contributed by atoms with Gasteiger partial charge in [-0.1, -0.05) is 17.7 Å². The number of rotatable bonds is 6. The zero-order valence-electron chi connectivity index (χ0n) is 12.1. The smallest absolute Gasteiger partial charge is 0.213 e. The molecule has 1 aromatic heterocycles. The lowest BCUT2D eigenvalue weighted by Gasteiger charge is -2.08. The number of ether oxygens (including phenoxy) is 1. The summed E-state index contributed by atoms with van der Waals surface area (Å²) in [5.41, 5.74) is 2.41. The molecule has 0 spiro atoms. The van der Waals surface area contributed by atoms with E-state index < -0.39 is 0 Å². The predicted molar refractivity (Wildman–Crippen MR) is 85.9 cm³/mol. The van der Waals surface area contributed by atoms with E-state index in [4.69, 9.17) is 21.6 Å². The van der Waals surface area contributed by atoms with Gasteiger partial charge in [-0.05, 0) is 42.5 Å². The van der Waals surface area contributed by atoms with Gasteiger partial charge < -0.3 is 10.1 Å². The fraction of sp³-hybridized carbons (Fsp3) is 0.294. The summed E-state index contributed by atoms with van der Waals surface area (Å²) in [6.07, 6.45) is 4.35. The maximum atomic E-state index is 8.85. The molecule has 0 unspecified atom stereocenters. The molecule has 1 saturated carbocycles. The van der Waals surface area contributed by atoms with Crippen molar-refractivity contribution in [3.05, 3.63) is 52.7 Å². The van der Waals surface area contributed by atoms with Crippen molar-refractivity contribution in [2.45, 2.75) is 19.4 Å². The van der Waals surface area contributed by atoms with Gasteiger partial charge in [0.1, 0.15) is 6.07 Å². The highest BCUT2D eigenvalue weighted by molar-refractivity contribution is 6.32. The third-order valence-electron chi connectivity index (χ3n) is 3.55. The molecule has 0 aliphatic heterocycles. The molecule has 1 heterocycles. The van der Waals surface area contributed by atoms with Crippen molar-refractivity contribution in [3.63, 3.8) is 0 Å². The number of nitriles is 1. The van der Waals surface area contributed by atoms with Crippen LogP contribution in [-0.2, 0) is 6.54 Å². The first-order valence-corrected chi connectivity index (χ1v) is 7.63. The summed E-state index contributed by atoms with van der Waals surface area (Å²) in [6, 6.07) is 11.2. The second kappa shape index (κ2) is 6.67. The number of benzene rings is 1. The van der Waals surface area contributed by atoms with E-state index in [2.05, 4.69) is 10.3 Å². The number of nitrogens with one attached hydrogen (secondary N) is 1. The number of hydrogen-bond donors (Lipinski definition) is 1. The average Bonchev–Trinajstić information content (AvgIpc) is 3.36. The molecule has 0 radical (unpaired) electrons. The molecule has 112 valence electrons. The van der Waals surface area contributed by atoms with E-state index >= 15 is 0 Å². The zero-order chi connectivity index (χ0) is 15.4. The lowest BCUT2D eigenvalue weighted by Crippen LogP contribution is -2.03. The van der Waals surface area contributed by atoms with E-state index in [1.54, 1.807) is 18.3 Å². The van der Waals surface area contributed by atoms with Crippen molar-refractivity contribution in [3.8, 4) is 11.9 Å². The Bertz CT molecular complexity index is 690. The van der Waals surface area contributed by atoms with Crippen LogP contribution in [0, 0.1) is 17.2 Å². The first-order chi connectivity index (χ1) is 10.7. The van der Waals surface area contributed by atoms with Crippen LogP contribution in [0.15, 0.2) is 36.5 Å². The van der Waals surface area contributed by atoms with E-state index in [1.165, 1.54) is 12.8 Å². The Morgan fingerprint density at radius 2 is 2.18 bits per heavy atom. The highest BCUT2D eigenvalue weighted by atomic mass is 35.5. The van der Waals surface area contributed by atoms with Crippen LogP contribution >= 0.6 is 11.6 Å². The van der Waals surface area contributed by atoms with Crippen LogP contribution in [0.25, 0.3) is 0 Å². The average molecular weight is 314 g/mol. The molecule has 4 nitrogen and oxygen atoms in total. The first-order valence-electron chi connectivity index (χ1n) is 7.26. The minimum atomic E-state index is 0.453. The summed E-state index contributed by atoms with van der Waals surface area (Å²) in [6.45, 7) is 1.41. The van der Waals surface area contributed by atoms with Crippen LogP contribution in [-0.4, -0.2) is 11.6 Å². The number of anilines is 1. The number of hydrogen-bond acceptors (Lipinski definition) is 4. The standard InChI is InChI=1S/C17H16ClN3O/c18-16-7-15(5-4-14(16)8-19)20-9-13-3-6-17(21-10-13)22-11-12-1-2-12/h3-7,10,12,20H,1-2,9,11H2. The first kappa shape index (κ1) is 14.7. The van der Waals surface area contributed by atoms with Gasteiger partial charge in [-0.2, -0.15) is 5.26 Å². The molecule has 0 bridgehead atoms. The summed E-state index contributed by atoms with van der Waals surface area (Å²) in [4.78, 5) is 4.30. The molecule has 1 aromatic carbocycles. The Morgan fingerprint density at radius 1 is 1.32 bits per heavy atom. The highest BCUT2D eigenvalue weighted by Gasteiger charge is 2.21. The van der Waals surface area contributed by atoms with Crippen LogP contribution in [0.5, 0.6) is 5.88 Å². The molecule has 0 atom stereocenters. The van der Waals surface area contributed by atoms with Crippen molar-refractivity contribution in [2.75, 3.05) is 11.9 Å². The molecule has 3 rings (SSSR count). The van der Waals surface area contributed by atoms with Crippen LogP contribution in [0.1, 0.15) is 24.0 Å². The second-order valence-corrected chi connectivity index (χ2v) is 5.83. The van der Waals surface area contributed by atoms with Gasteiger partial charge in [0, 0.05) is 24.5 Å². The number of aromatic nitrogens is 1. The fourth-order valence-corrected chi connectivity index (χ4v) is 2.23. The molecule has 1 aliphatic carbocycles. The molecule has 22 heavy (non-hydrogen) atoms. The third kappa shape index (κ3) is 3.90. The van der Waals surface area contributed by atoms with E-state index in [1.807, 2.05) is 24.3 Å². The largest absolute Gasteiger partial charge is 0.477 e. The van der Waals surface area contributed by atoms with Gasteiger partial charge in [-0.15, -0.1) is 0 Å². The molecule has 5 heteroatoms. The monoisotopic (exact) mass is 313 g/mol. The van der Waals surface area contributed by atoms with Crippen LogP contribution in [0.2, 0.25) is 5.02 Å². The fourth-order valence-electron chi connectivity index (χ4n) is 2.01. The van der Waals surface area contributed by atoms with Gasteiger partial charge in [0.2, 0.25) is 5.88 Å². The van der Waals surface area contributed by atoms with Crippen LogP contribution in [0.4, 0.5) is 5.69 Å². The number of nitrogens with zero attached hydrogens (tertiary/aromatic N) is 2. The molecule has 1 N–H and O–H groups in total. The van der Waals surface area contributed by atoms with Gasteiger partial charge in [0.25, 0.3) is 0 Å². The molecular formula is C17H16ClN3O. The molecule has 0 amide bonds. The summed E-state index contributed by atoms with van der Waals surface area (Å²) in [5, 5.41) is 12.6. The Hall–Kier alpha value is -2.25. The Morgan fingerprint density at radius 3 is 2.82 bits per heavy atom. The van der Waals surface area contributed by atoms with Crippen LogP contribution in [0.3, 0.4) is 0 Å². The van der Waals surface area contributed by atoms with E-state index in [0.717, 1.165) is 23.8 Å². The number of halogens is 1. The summed E-state index contributed by atoms with van der Waals surface area (Å²) in [7, 11) is 0. The normalized spacial score (nSPS) is 13.5. The number of pyridine rings is 1. The minimum Gasteiger partial charge on any atom is -0.477 e. The summed E-state index contributed by atoms with van der Waals surface area (Å²) in [5.74, 6) is 1.40. The minimum absolute atomic E-state index is 0.453. The van der Waals surface area contributed by atoms with Crippen molar-refractivity contribution in [1.82, 2.24) is 4.98 Å². The SMILES string of the molecule is N#Cc1ccc(NCc2ccc(OCC3CC3)nc2)cc1Cl. The lowest BCUT2D eigenvalue weighted by atomic mass is 10.2. The molecule has 0 saturated heterocycles. The van der Waals surface area contributed by atoms with E-state index in [-0.39, 0.29) is 0 Å². The van der Waals surface area contributed by atoms with Gasteiger partial charge in [-0.25, -0.2) is 4.98 Å². The van der Waals surface area contributed by atoms with Crippen molar-refractivity contribution in [1.29, 1.82) is 5.26 Å². The summed E-state index contributed by atoms with van der Waals surface area (Å²) >= 11 is 6.01. The Labute approximate surface area is 134 Å². The predicted octanol–water partition coefficient (Wildman–Crippen LogP) is 4.01. The molecule has 1 fully saturated rings. The molecule has 2 aromatic rings. The lowest BCUT2D eigenvalue weighted by molar-refractivity contribution is 0.288. The third-order valence-corrected chi connectivity index (χ3v) is 3.86. The Kier molecular flexibility index (Phi) is 4.45. The van der Waals surface area contributed by atoms with Gasteiger partial charge in [0.15, 0.2) is 0 Å². The van der Waals surface area contributed by atoms with Crippen molar-refractivity contribution in [2.24, 2.45) is 5.92 Å². The topological polar surface area (TPSA) is 57.9 Å². The van der Waals surface area contributed by atoms with Gasteiger partial charge in [0.05, 0.1) is 17.2 Å². The maximum absolute atomic E-state index is 8.85. The van der Waals surface area contributed by atoms with Gasteiger partial charge >= 0.3 is 0 Å².